The van der Waals surface area contributed by atoms with Gasteiger partial charge in [0.05, 0.1) is 16.7 Å². The molecular formula is C39H29N3S. The Kier molecular flexibility index (Phi) is 5.54. The van der Waals surface area contributed by atoms with Crippen molar-refractivity contribution >= 4 is 62.0 Å². The number of nitrogens with zero attached hydrogens (tertiary/aromatic N) is 3. The monoisotopic (exact) mass is 571 g/mol. The van der Waals surface area contributed by atoms with E-state index >= 15 is 0 Å². The Morgan fingerprint density at radius 1 is 0.791 bits per heavy atom. The Bertz CT molecular complexity index is 2290. The number of para-hydroxylation sites is 1. The van der Waals surface area contributed by atoms with Crippen LogP contribution in [-0.2, 0) is 13.5 Å². The zero-order valence-corrected chi connectivity index (χ0v) is 24.7. The van der Waals surface area contributed by atoms with Gasteiger partial charge in [0.25, 0.3) is 0 Å². The van der Waals surface area contributed by atoms with Crippen molar-refractivity contribution in [3.8, 4) is 0 Å². The molecule has 0 atom stereocenters. The molecule has 5 aromatic rings. The number of fused-ring (bicyclic) bond motifs is 11. The lowest BCUT2D eigenvalue weighted by Gasteiger charge is -2.20. The van der Waals surface area contributed by atoms with Crippen LogP contribution in [-0.4, -0.2) is 15.0 Å². The lowest BCUT2D eigenvalue weighted by atomic mass is 9.99. The summed E-state index contributed by atoms with van der Waals surface area (Å²) < 4.78 is 4.81. The van der Waals surface area contributed by atoms with Crippen molar-refractivity contribution in [2.45, 2.75) is 24.2 Å². The van der Waals surface area contributed by atoms with Crippen LogP contribution in [0.25, 0.3) is 44.4 Å². The van der Waals surface area contributed by atoms with Gasteiger partial charge in [-0.25, -0.2) is 4.99 Å². The van der Waals surface area contributed by atoms with Crippen LogP contribution in [0, 0.1) is 0 Å². The van der Waals surface area contributed by atoms with E-state index in [0.717, 1.165) is 36.4 Å². The number of benzene rings is 3. The van der Waals surface area contributed by atoms with Crippen LogP contribution in [0.5, 0.6) is 0 Å². The van der Waals surface area contributed by atoms with Crippen molar-refractivity contribution in [1.29, 1.82) is 0 Å². The van der Waals surface area contributed by atoms with Crippen molar-refractivity contribution in [3.05, 3.63) is 148 Å². The fraction of sp³-hybridized carbons (Fsp3) is 0.103. The maximum atomic E-state index is 5.51. The third-order valence-electron chi connectivity index (χ3n) is 9.08. The Labute approximate surface area is 254 Å². The van der Waals surface area contributed by atoms with Crippen molar-refractivity contribution in [3.63, 3.8) is 0 Å². The lowest BCUT2D eigenvalue weighted by molar-refractivity contribution is 1.01. The first-order valence-electron chi connectivity index (χ1n) is 14.9. The summed E-state index contributed by atoms with van der Waals surface area (Å²) >= 11 is 1.89. The minimum absolute atomic E-state index is 0.758. The Balaban J connectivity index is 1.30. The van der Waals surface area contributed by atoms with Gasteiger partial charge in [-0.1, -0.05) is 103 Å². The van der Waals surface area contributed by atoms with Crippen LogP contribution >= 0.6 is 11.8 Å². The molecule has 0 unspecified atom stereocenters. The van der Waals surface area contributed by atoms with Gasteiger partial charge >= 0.3 is 0 Å². The van der Waals surface area contributed by atoms with Gasteiger partial charge in [-0.15, -0.1) is 0 Å². The van der Waals surface area contributed by atoms with Crippen LogP contribution in [0.2, 0.25) is 0 Å². The van der Waals surface area contributed by atoms with E-state index in [4.69, 9.17) is 4.99 Å². The van der Waals surface area contributed by atoms with E-state index in [9.17, 15) is 0 Å². The summed E-state index contributed by atoms with van der Waals surface area (Å²) in [5.74, 6) is 1.06. The van der Waals surface area contributed by atoms with E-state index in [1.54, 1.807) is 0 Å². The molecule has 0 fully saturated rings. The largest absolute Gasteiger partial charge is 0.344 e. The van der Waals surface area contributed by atoms with Crippen LogP contribution in [0.4, 0.5) is 0 Å². The maximum Gasteiger partial charge on any atom is 0.117 e. The molecule has 3 aromatic carbocycles. The second-order valence-corrected chi connectivity index (χ2v) is 12.7. The normalized spacial score (nSPS) is 17.5. The van der Waals surface area contributed by atoms with Crippen molar-refractivity contribution in [1.82, 2.24) is 9.13 Å². The number of hydrogen-bond donors (Lipinski definition) is 0. The van der Waals surface area contributed by atoms with Crippen LogP contribution in [0.15, 0.2) is 141 Å². The Hall–Kier alpha value is -4.80. The summed E-state index contributed by atoms with van der Waals surface area (Å²) in [6.45, 7) is 0. The Morgan fingerprint density at radius 2 is 1.67 bits per heavy atom. The highest BCUT2D eigenvalue weighted by atomic mass is 32.2. The summed E-state index contributed by atoms with van der Waals surface area (Å²) in [6.07, 6.45) is 25.0. The standard InChI is InChI=1S/C39H29N3S/c1-41-33-15-8-5-13-31(33)38-35(41)22-21-30-29-12-3-2-4-16-34(29)42(39(30)38)37-18-10-7-14-32(40-37)25-19-20-27-24-26(23-25)28-11-6-9-17-36(28)43-27/h2-15,17,19-23H,16,18,24H2,1H3. The highest BCUT2D eigenvalue weighted by Crippen LogP contribution is 2.46. The molecule has 9 rings (SSSR count). The Morgan fingerprint density at radius 3 is 2.65 bits per heavy atom. The number of aliphatic imine (C=N–C) groups is 1. The highest BCUT2D eigenvalue weighted by molar-refractivity contribution is 8.03. The summed E-state index contributed by atoms with van der Waals surface area (Å²) in [5, 5.41) is 3.86. The quantitative estimate of drug-likeness (QED) is 0.196. The molecule has 4 heteroatoms. The molecule has 0 saturated heterocycles. The minimum atomic E-state index is 0.758. The lowest BCUT2D eigenvalue weighted by Crippen LogP contribution is -2.15. The van der Waals surface area contributed by atoms with E-state index in [0.29, 0.717) is 0 Å². The number of hydrogen-bond acceptors (Lipinski definition) is 2. The number of thioether (sulfide) groups is 1. The molecule has 0 spiro atoms. The molecule has 2 aliphatic heterocycles. The van der Waals surface area contributed by atoms with Crippen LogP contribution < -0.4 is 0 Å². The fourth-order valence-electron chi connectivity index (χ4n) is 7.11. The first kappa shape index (κ1) is 24.8. The number of aryl methyl sites for hydroxylation is 1. The topological polar surface area (TPSA) is 22.2 Å². The van der Waals surface area contributed by atoms with Crippen molar-refractivity contribution < 1.29 is 0 Å². The molecular weight excluding hydrogens is 543 g/mol. The summed E-state index contributed by atoms with van der Waals surface area (Å²) in [4.78, 5) is 8.23. The van der Waals surface area contributed by atoms with Gasteiger partial charge < -0.3 is 4.57 Å². The predicted octanol–water partition coefficient (Wildman–Crippen LogP) is 9.91. The third kappa shape index (κ3) is 3.80. The fourth-order valence-corrected chi connectivity index (χ4v) is 8.21. The molecule has 0 saturated carbocycles. The zero-order valence-electron chi connectivity index (χ0n) is 23.9. The van der Waals surface area contributed by atoms with E-state index in [2.05, 4.69) is 138 Å². The van der Waals surface area contributed by atoms with Gasteiger partial charge in [-0.2, -0.15) is 0 Å². The van der Waals surface area contributed by atoms with Crippen LogP contribution in [0.1, 0.15) is 29.7 Å². The number of aromatic nitrogens is 2. The van der Waals surface area contributed by atoms with E-state index in [1.165, 1.54) is 64.9 Å². The highest BCUT2D eigenvalue weighted by Gasteiger charge is 2.25. The number of allylic oxidation sites excluding steroid dienone is 11. The minimum Gasteiger partial charge on any atom is -0.344 e. The van der Waals surface area contributed by atoms with Gasteiger partial charge in [-0.05, 0) is 46.4 Å². The van der Waals surface area contributed by atoms with E-state index < -0.39 is 0 Å². The SMILES string of the molecule is Cn1c2ccccc2c2c3c(ccc21)c1c(n3C2=NC(C3=CC=C4CC(=C3)c3ccccc3S4)=CC=CC2)CC=CC=C1. The second kappa shape index (κ2) is 9.62. The molecule has 206 valence electrons. The summed E-state index contributed by atoms with van der Waals surface area (Å²) in [6, 6.07) is 22.1. The smallest absolute Gasteiger partial charge is 0.117 e. The van der Waals surface area contributed by atoms with Gasteiger partial charge in [0.1, 0.15) is 5.84 Å². The molecule has 0 radical (unpaired) electrons. The molecule has 0 amide bonds. The molecule has 2 bridgehead atoms. The third-order valence-corrected chi connectivity index (χ3v) is 10.2. The van der Waals surface area contributed by atoms with Crippen molar-refractivity contribution in [2.24, 2.45) is 12.0 Å². The predicted molar refractivity (Wildman–Crippen MR) is 184 cm³/mol. The molecule has 3 nitrogen and oxygen atoms in total. The molecule has 2 aromatic heterocycles. The summed E-state index contributed by atoms with van der Waals surface area (Å²) in [7, 11) is 2.18. The second-order valence-electron chi connectivity index (χ2n) is 11.5. The summed E-state index contributed by atoms with van der Waals surface area (Å²) in [5.41, 5.74) is 11.2. The zero-order chi connectivity index (χ0) is 28.5. The number of rotatable bonds is 1. The maximum absolute atomic E-state index is 5.51. The molecule has 4 aliphatic rings. The van der Waals surface area contributed by atoms with Gasteiger partial charge in [0.15, 0.2) is 0 Å². The van der Waals surface area contributed by atoms with Gasteiger partial charge in [0, 0.05) is 69.7 Å². The first-order chi connectivity index (χ1) is 21.2. The molecule has 2 aliphatic carbocycles. The first-order valence-corrected chi connectivity index (χ1v) is 15.8. The van der Waals surface area contributed by atoms with Gasteiger partial charge in [-0.3, -0.25) is 4.57 Å². The average molecular weight is 572 g/mol. The van der Waals surface area contributed by atoms with Gasteiger partial charge in [0.2, 0.25) is 0 Å². The molecule has 0 N–H and O–H groups in total. The average Bonchev–Trinajstić information content (AvgIpc) is 3.24. The van der Waals surface area contributed by atoms with E-state index in [1.807, 2.05) is 11.8 Å². The van der Waals surface area contributed by atoms with Crippen molar-refractivity contribution in [2.75, 3.05) is 0 Å². The molecule has 4 heterocycles. The van der Waals surface area contributed by atoms with Crippen LogP contribution in [0.3, 0.4) is 0 Å². The molecule has 43 heavy (non-hydrogen) atoms. The van der Waals surface area contributed by atoms with E-state index in [-0.39, 0.29) is 0 Å².